The maximum Gasteiger partial charge on any atom is 0.317 e. The van der Waals surface area contributed by atoms with E-state index >= 15 is 0 Å². The summed E-state index contributed by atoms with van der Waals surface area (Å²) in [6, 6.07) is 10.4. The first-order chi connectivity index (χ1) is 11.0. The number of urea groups is 1. The van der Waals surface area contributed by atoms with Crippen molar-refractivity contribution < 1.29 is 13.6 Å². The monoisotopic (exact) mass is 338 g/mol. The molecule has 2 amide bonds. The molecule has 0 unspecified atom stereocenters. The van der Waals surface area contributed by atoms with Crippen molar-refractivity contribution in [2.24, 2.45) is 0 Å². The quantitative estimate of drug-likeness (QED) is 0.878. The van der Waals surface area contributed by atoms with Crippen molar-refractivity contribution >= 4 is 17.6 Å². The summed E-state index contributed by atoms with van der Waals surface area (Å²) in [6.45, 7) is 0.339. The Hall–Kier alpha value is -2.14. The van der Waals surface area contributed by atoms with E-state index in [1.807, 2.05) is 0 Å². The largest absolute Gasteiger partial charge is 0.338 e. The third kappa shape index (κ3) is 4.66. The van der Waals surface area contributed by atoms with E-state index in [0.29, 0.717) is 12.0 Å². The Bertz CT molecular complexity index is 674. The molecule has 2 aromatic rings. The fourth-order valence-corrected chi connectivity index (χ4v) is 2.36. The van der Waals surface area contributed by atoms with Crippen LogP contribution >= 0.6 is 11.6 Å². The van der Waals surface area contributed by atoms with Gasteiger partial charge in [-0.3, -0.25) is 0 Å². The molecule has 0 spiro atoms. The number of halogens is 3. The molecule has 0 fully saturated rings. The first-order valence-electron chi connectivity index (χ1n) is 7.14. The van der Waals surface area contributed by atoms with Crippen LogP contribution < -0.4 is 5.32 Å². The Kier molecular flexibility index (Phi) is 5.93. The minimum atomic E-state index is -0.455. The van der Waals surface area contributed by atoms with E-state index in [9.17, 15) is 13.6 Å². The van der Waals surface area contributed by atoms with Gasteiger partial charge in [-0.25, -0.2) is 13.6 Å². The van der Waals surface area contributed by atoms with E-state index in [0.717, 1.165) is 0 Å². The number of rotatable bonds is 5. The highest BCUT2D eigenvalue weighted by Gasteiger charge is 2.14. The molecule has 0 saturated carbocycles. The van der Waals surface area contributed by atoms with Gasteiger partial charge in [0.2, 0.25) is 0 Å². The summed E-state index contributed by atoms with van der Waals surface area (Å²) < 4.78 is 27.2. The van der Waals surface area contributed by atoms with Crippen LogP contribution in [0.1, 0.15) is 11.1 Å². The smallest absolute Gasteiger partial charge is 0.317 e. The second-order valence-corrected chi connectivity index (χ2v) is 5.54. The second kappa shape index (κ2) is 7.92. The van der Waals surface area contributed by atoms with E-state index in [1.165, 1.54) is 23.1 Å². The normalized spacial score (nSPS) is 10.4. The summed E-state index contributed by atoms with van der Waals surface area (Å²) in [4.78, 5) is 13.3. The molecule has 0 radical (unpaired) electrons. The highest BCUT2D eigenvalue weighted by atomic mass is 35.5. The number of nitrogens with one attached hydrogen (secondary N) is 1. The minimum Gasteiger partial charge on any atom is -0.338 e. The Morgan fingerprint density at radius 3 is 2.52 bits per heavy atom. The lowest BCUT2D eigenvalue weighted by atomic mass is 10.1. The van der Waals surface area contributed by atoms with Crippen molar-refractivity contribution in [1.82, 2.24) is 10.2 Å². The molecule has 0 aliphatic carbocycles. The molecular weight excluding hydrogens is 322 g/mol. The predicted molar refractivity (Wildman–Crippen MR) is 86.4 cm³/mol. The lowest BCUT2D eigenvalue weighted by molar-refractivity contribution is 0.206. The Balaban J connectivity index is 1.87. The third-order valence-electron chi connectivity index (χ3n) is 3.43. The lowest BCUT2D eigenvalue weighted by Crippen LogP contribution is -2.38. The highest BCUT2D eigenvalue weighted by Crippen LogP contribution is 2.20. The van der Waals surface area contributed by atoms with Gasteiger partial charge in [0.05, 0.1) is 6.54 Å². The average Bonchev–Trinajstić information content (AvgIpc) is 2.52. The first-order valence-corrected chi connectivity index (χ1v) is 7.52. The van der Waals surface area contributed by atoms with Gasteiger partial charge >= 0.3 is 6.03 Å². The van der Waals surface area contributed by atoms with Gasteiger partial charge in [-0.15, -0.1) is 0 Å². The number of benzene rings is 2. The van der Waals surface area contributed by atoms with E-state index in [-0.39, 0.29) is 35.5 Å². The van der Waals surface area contributed by atoms with E-state index in [2.05, 4.69) is 5.32 Å². The molecule has 0 bridgehead atoms. The lowest BCUT2D eigenvalue weighted by Gasteiger charge is -2.19. The SMILES string of the molecule is CN(Cc1c(F)cccc1Cl)C(=O)NCCc1ccccc1F. The van der Waals surface area contributed by atoms with E-state index in [4.69, 9.17) is 11.6 Å². The van der Waals surface area contributed by atoms with Crippen LogP contribution in [0.3, 0.4) is 0 Å². The molecule has 122 valence electrons. The zero-order valence-corrected chi connectivity index (χ0v) is 13.4. The molecule has 0 aliphatic rings. The molecule has 23 heavy (non-hydrogen) atoms. The van der Waals surface area contributed by atoms with Gasteiger partial charge in [0.25, 0.3) is 0 Å². The van der Waals surface area contributed by atoms with Crippen molar-refractivity contribution in [2.75, 3.05) is 13.6 Å². The molecule has 2 rings (SSSR count). The highest BCUT2D eigenvalue weighted by molar-refractivity contribution is 6.31. The molecule has 0 saturated heterocycles. The molecule has 3 nitrogen and oxygen atoms in total. The maximum atomic E-state index is 13.7. The van der Waals surface area contributed by atoms with Gasteiger partial charge in [0, 0.05) is 24.2 Å². The fraction of sp³-hybridized carbons (Fsp3) is 0.235. The van der Waals surface area contributed by atoms with Crippen LogP contribution in [-0.4, -0.2) is 24.5 Å². The van der Waals surface area contributed by atoms with Gasteiger partial charge in [0.1, 0.15) is 11.6 Å². The summed E-state index contributed by atoms with van der Waals surface area (Å²) in [5.74, 6) is -0.753. The fourth-order valence-electron chi connectivity index (χ4n) is 2.13. The Labute approximate surface area is 138 Å². The molecule has 2 aromatic carbocycles. The molecule has 1 N–H and O–H groups in total. The van der Waals surface area contributed by atoms with Crippen LogP contribution in [0.15, 0.2) is 42.5 Å². The van der Waals surface area contributed by atoms with Gasteiger partial charge < -0.3 is 10.2 Å². The first kappa shape index (κ1) is 17.2. The van der Waals surface area contributed by atoms with Crippen LogP contribution in [0.2, 0.25) is 5.02 Å². The number of carbonyl (C=O) groups excluding carboxylic acids is 1. The molecule has 0 heterocycles. The Morgan fingerprint density at radius 1 is 1.13 bits per heavy atom. The van der Waals surface area contributed by atoms with Gasteiger partial charge in [-0.2, -0.15) is 0 Å². The van der Waals surface area contributed by atoms with E-state index < -0.39 is 5.82 Å². The van der Waals surface area contributed by atoms with E-state index in [1.54, 1.807) is 31.3 Å². The second-order valence-electron chi connectivity index (χ2n) is 5.13. The molecule has 0 atom stereocenters. The summed E-state index contributed by atoms with van der Waals surface area (Å²) in [5, 5.41) is 2.95. The number of amides is 2. The molecular formula is C17H17ClF2N2O. The summed E-state index contributed by atoms with van der Waals surface area (Å²) in [5.41, 5.74) is 0.800. The topological polar surface area (TPSA) is 32.3 Å². The predicted octanol–water partition coefficient (Wildman–Crippen LogP) is 4.00. The number of hydrogen-bond acceptors (Lipinski definition) is 1. The van der Waals surface area contributed by atoms with Crippen molar-refractivity contribution in [3.05, 3.63) is 70.2 Å². The van der Waals surface area contributed by atoms with Gasteiger partial charge in [-0.1, -0.05) is 35.9 Å². The third-order valence-corrected chi connectivity index (χ3v) is 3.79. The minimum absolute atomic E-state index is 0.0526. The van der Waals surface area contributed by atoms with Crippen LogP contribution in [0.5, 0.6) is 0 Å². The molecule has 0 aromatic heterocycles. The van der Waals surface area contributed by atoms with Crippen LogP contribution in [0.4, 0.5) is 13.6 Å². The number of carbonyl (C=O) groups is 1. The van der Waals surface area contributed by atoms with Crippen molar-refractivity contribution in [3.63, 3.8) is 0 Å². The van der Waals surface area contributed by atoms with Crippen molar-refractivity contribution in [3.8, 4) is 0 Å². The summed E-state index contributed by atoms with van der Waals surface area (Å²) in [7, 11) is 1.54. The van der Waals surface area contributed by atoms with Crippen LogP contribution in [-0.2, 0) is 13.0 Å². The molecule has 0 aliphatic heterocycles. The standard InChI is InChI=1S/C17H17ClF2N2O/c1-22(11-13-14(18)6-4-8-16(13)20)17(23)21-10-9-12-5-2-3-7-15(12)19/h2-8H,9-11H2,1H3,(H,21,23). The zero-order valence-electron chi connectivity index (χ0n) is 12.7. The number of hydrogen-bond donors (Lipinski definition) is 1. The van der Waals surface area contributed by atoms with Crippen molar-refractivity contribution in [2.45, 2.75) is 13.0 Å². The number of nitrogens with zero attached hydrogens (tertiary/aromatic N) is 1. The van der Waals surface area contributed by atoms with Crippen LogP contribution in [0, 0.1) is 11.6 Å². The average molecular weight is 339 g/mol. The van der Waals surface area contributed by atoms with Crippen LogP contribution in [0.25, 0.3) is 0 Å². The summed E-state index contributed by atoms with van der Waals surface area (Å²) in [6.07, 6.45) is 0.382. The van der Waals surface area contributed by atoms with Gasteiger partial charge in [0.15, 0.2) is 0 Å². The van der Waals surface area contributed by atoms with Crippen molar-refractivity contribution in [1.29, 1.82) is 0 Å². The van der Waals surface area contributed by atoms with Gasteiger partial charge in [-0.05, 0) is 30.2 Å². The maximum absolute atomic E-state index is 13.7. The molecule has 6 heteroatoms. The summed E-state index contributed by atoms with van der Waals surface area (Å²) >= 11 is 5.94. The Morgan fingerprint density at radius 2 is 1.83 bits per heavy atom. The zero-order chi connectivity index (χ0) is 16.8.